The third-order valence-electron chi connectivity index (χ3n) is 4.38. The summed E-state index contributed by atoms with van der Waals surface area (Å²) in [5, 5.41) is 2.70. The summed E-state index contributed by atoms with van der Waals surface area (Å²) in [5.41, 5.74) is 0.368. The van der Waals surface area contributed by atoms with Gasteiger partial charge in [0.1, 0.15) is 5.01 Å². The van der Waals surface area contributed by atoms with E-state index < -0.39 is 10.0 Å². The van der Waals surface area contributed by atoms with Crippen molar-refractivity contribution in [2.24, 2.45) is 0 Å². The number of amides is 1. The molecule has 134 valence electrons. The first kappa shape index (κ1) is 18.0. The molecule has 0 saturated carbocycles. The summed E-state index contributed by atoms with van der Waals surface area (Å²) in [7, 11) is -1.88. The summed E-state index contributed by atoms with van der Waals surface area (Å²) >= 11 is 1.48. The molecule has 1 aromatic heterocycles. The minimum atomic E-state index is -3.57. The van der Waals surface area contributed by atoms with Gasteiger partial charge >= 0.3 is 0 Å². The maximum atomic E-state index is 12.8. The van der Waals surface area contributed by atoms with Crippen LogP contribution in [0.2, 0.25) is 0 Å². The quantitative estimate of drug-likeness (QED) is 0.801. The summed E-state index contributed by atoms with van der Waals surface area (Å²) < 4.78 is 27.2. The van der Waals surface area contributed by atoms with E-state index in [1.807, 2.05) is 12.3 Å². The van der Waals surface area contributed by atoms with E-state index in [1.165, 1.54) is 21.7 Å². The van der Waals surface area contributed by atoms with Crippen LogP contribution in [0.1, 0.15) is 35.1 Å². The van der Waals surface area contributed by atoms with Crippen molar-refractivity contribution in [2.75, 3.05) is 13.6 Å². The molecule has 0 radical (unpaired) electrons. The Morgan fingerprint density at radius 3 is 2.88 bits per heavy atom. The van der Waals surface area contributed by atoms with Gasteiger partial charge in [0.2, 0.25) is 10.0 Å². The van der Waals surface area contributed by atoms with Crippen molar-refractivity contribution in [3.63, 3.8) is 0 Å². The molecule has 1 unspecified atom stereocenters. The summed E-state index contributed by atoms with van der Waals surface area (Å²) in [6.07, 6.45) is 3.44. The Labute approximate surface area is 152 Å². The summed E-state index contributed by atoms with van der Waals surface area (Å²) in [4.78, 5) is 18.5. The zero-order chi connectivity index (χ0) is 18.0. The monoisotopic (exact) mass is 379 g/mol. The van der Waals surface area contributed by atoms with Crippen LogP contribution in [-0.2, 0) is 16.6 Å². The van der Waals surface area contributed by atoms with Crippen molar-refractivity contribution < 1.29 is 13.2 Å². The van der Waals surface area contributed by atoms with Crippen LogP contribution < -0.4 is 0 Å². The minimum Gasteiger partial charge on any atom is -0.335 e. The fraction of sp³-hybridized carbons (Fsp3) is 0.412. The Kier molecular flexibility index (Phi) is 5.21. The second kappa shape index (κ2) is 7.23. The lowest BCUT2D eigenvalue weighted by Crippen LogP contribution is -2.34. The highest BCUT2D eigenvalue weighted by Gasteiger charge is 2.33. The molecule has 0 bridgehead atoms. The molecule has 1 aliphatic heterocycles. The van der Waals surface area contributed by atoms with Gasteiger partial charge in [-0.2, -0.15) is 4.31 Å². The number of thiazole rings is 1. The molecule has 2 heterocycles. The molecule has 1 saturated heterocycles. The van der Waals surface area contributed by atoms with E-state index in [0.717, 1.165) is 17.8 Å². The highest BCUT2D eigenvalue weighted by Crippen LogP contribution is 2.26. The van der Waals surface area contributed by atoms with E-state index in [4.69, 9.17) is 0 Å². The molecule has 2 aromatic rings. The van der Waals surface area contributed by atoms with Crippen LogP contribution in [0.4, 0.5) is 0 Å². The molecule has 25 heavy (non-hydrogen) atoms. The number of carbonyl (C=O) groups is 1. The van der Waals surface area contributed by atoms with Gasteiger partial charge in [0.05, 0.1) is 11.4 Å². The fourth-order valence-electron chi connectivity index (χ4n) is 3.02. The molecule has 0 aliphatic carbocycles. The lowest BCUT2D eigenvalue weighted by Gasteiger charge is -2.21. The van der Waals surface area contributed by atoms with Crippen LogP contribution in [0.3, 0.4) is 0 Å². The molecule has 0 spiro atoms. The standard InChI is InChI=1S/C17H21N3O3S2/c1-13-5-4-9-20(13)25(22,23)15-7-3-6-14(11-15)17(21)19(2)12-16-18-8-10-24-16/h3,6-8,10-11,13H,4-5,9,12H2,1-2H3. The van der Waals surface area contributed by atoms with Gasteiger partial charge in [-0.1, -0.05) is 6.07 Å². The Hall–Kier alpha value is -1.77. The SMILES string of the molecule is CC1CCCN1S(=O)(=O)c1cccc(C(=O)N(C)Cc2nccs2)c1. The van der Waals surface area contributed by atoms with E-state index >= 15 is 0 Å². The maximum Gasteiger partial charge on any atom is 0.254 e. The molecule has 1 atom stereocenters. The lowest BCUT2D eigenvalue weighted by atomic mass is 10.2. The molecule has 1 aliphatic rings. The number of hydrogen-bond acceptors (Lipinski definition) is 5. The Morgan fingerprint density at radius 1 is 1.44 bits per heavy atom. The van der Waals surface area contributed by atoms with E-state index in [0.29, 0.717) is 18.7 Å². The maximum absolute atomic E-state index is 12.8. The second-order valence-electron chi connectivity index (χ2n) is 6.22. The van der Waals surface area contributed by atoms with Gasteiger partial charge in [0.15, 0.2) is 0 Å². The van der Waals surface area contributed by atoms with Crippen LogP contribution in [0, 0.1) is 0 Å². The van der Waals surface area contributed by atoms with Crippen LogP contribution in [0.5, 0.6) is 0 Å². The zero-order valence-corrected chi connectivity index (χ0v) is 15.9. The molecule has 8 heteroatoms. The van der Waals surface area contributed by atoms with Gasteiger partial charge in [-0.3, -0.25) is 4.79 Å². The molecular weight excluding hydrogens is 358 g/mol. The largest absolute Gasteiger partial charge is 0.335 e. The smallest absolute Gasteiger partial charge is 0.254 e. The van der Waals surface area contributed by atoms with Crippen LogP contribution in [0.25, 0.3) is 0 Å². The van der Waals surface area contributed by atoms with E-state index in [1.54, 1.807) is 36.3 Å². The minimum absolute atomic E-state index is 0.00284. The molecule has 6 nitrogen and oxygen atoms in total. The highest BCUT2D eigenvalue weighted by atomic mass is 32.2. The van der Waals surface area contributed by atoms with Crippen LogP contribution >= 0.6 is 11.3 Å². The molecule has 1 fully saturated rings. The number of benzene rings is 1. The van der Waals surface area contributed by atoms with E-state index in [-0.39, 0.29) is 16.8 Å². The van der Waals surface area contributed by atoms with Crippen molar-refractivity contribution in [3.05, 3.63) is 46.4 Å². The van der Waals surface area contributed by atoms with Crippen molar-refractivity contribution in [3.8, 4) is 0 Å². The van der Waals surface area contributed by atoms with Crippen LogP contribution in [0.15, 0.2) is 40.7 Å². The lowest BCUT2D eigenvalue weighted by molar-refractivity contribution is 0.0784. The highest BCUT2D eigenvalue weighted by molar-refractivity contribution is 7.89. The fourth-order valence-corrected chi connectivity index (χ4v) is 5.43. The summed E-state index contributed by atoms with van der Waals surface area (Å²) in [6.45, 7) is 2.85. The summed E-state index contributed by atoms with van der Waals surface area (Å²) in [5.74, 6) is -0.221. The topological polar surface area (TPSA) is 70.6 Å². The third kappa shape index (κ3) is 3.75. The predicted octanol–water partition coefficient (Wildman–Crippen LogP) is 2.59. The Balaban J connectivity index is 1.82. The summed E-state index contributed by atoms with van der Waals surface area (Å²) in [6, 6.07) is 6.29. The normalized spacial score (nSPS) is 18.4. The van der Waals surface area contributed by atoms with E-state index in [2.05, 4.69) is 4.98 Å². The van der Waals surface area contributed by atoms with Crippen molar-refractivity contribution in [1.82, 2.24) is 14.2 Å². The Morgan fingerprint density at radius 2 is 2.24 bits per heavy atom. The first-order chi connectivity index (χ1) is 11.9. The number of sulfonamides is 1. The van der Waals surface area contributed by atoms with Crippen molar-refractivity contribution in [1.29, 1.82) is 0 Å². The van der Waals surface area contributed by atoms with Crippen LogP contribution in [-0.4, -0.2) is 48.1 Å². The zero-order valence-electron chi connectivity index (χ0n) is 14.3. The number of carbonyl (C=O) groups excluding carboxylic acids is 1. The van der Waals surface area contributed by atoms with E-state index in [9.17, 15) is 13.2 Å². The first-order valence-electron chi connectivity index (χ1n) is 8.15. The number of aromatic nitrogens is 1. The number of rotatable bonds is 5. The van der Waals surface area contributed by atoms with Gasteiger partial charge in [-0.05, 0) is 38.0 Å². The second-order valence-corrected chi connectivity index (χ2v) is 9.09. The first-order valence-corrected chi connectivity index (χ1v) is 10.5. The van der Waals surface area contributed by atoms with Crippen molar-refractivity contribution >= 4 is 27.3 Å². The third-order valence-corrected chi connectivity index (χ3v) is 7.16. The molecule has 0 N–H and O–H groups in total. The number of nitrogens with zero attached hydrogens (tertiary/aromatic N) is 3. The average Bonchev–Trinajstić information content (AvgIpc) is 3.26. The predicted molar refractivity (Wildman–Crippen MR) is 96.9 cm³/mol. The number of hydrogen-bond donors (Lipinski definition) is 0. The average molecular weight is 380 g/mol. The van der Waals surface area contributed by atoms with Gasteiger partial charge in [-0.25, -0.2) is 13.4 Å². The molecular formula is C17H21N3O3S2. The Bertz CT molecular complexity index is 850. The van der Waals surface area contributed by atoms with Gasteiger partial charge < -0.3 is 4.90 Å². The van der Waals surface area contributed by atoms with Crippen molar-refractivity contribution in [2.45, 2.75) is 37.2 Å². The molecule has 3 rings (SSSR count). The molecule has 1 aromatic carbocycles. The van der Waals surface area contributed by atoms with Gasteiger partial charge in [0, 0.05) is 36.8 Å². The van der Waals surface area contributed by atoms with Gasteiger partial charge in [-0.15, -0.1) is 11.3 Å². The molecule has 1 amide bonds. The van der Waals surface area contributed by atoms with Gasteiger partial charge in [0.25, 0.3) is 5.91 Å².